The number of hydrogen-bond acceptors (Lipinski definition) is 3. The highest BCUT2D eigenvalue weighted by atomic mass is 19.2. The third-order valence-corrected chi connectivity index (χ3v) is 5.57. The first kappa shape index (κ1) is 17.7. The van der Waals surface area contributed by atoms with Gasteiger partial charge < -0.3 is 5.32 Å². The van der Waals surface area contributed by atoms with Crippen molar-refractivity contribution in [2.45, 2.75) is 56.9 Å². The van der Waals surface area contributed by atoms with Crippen LogP contribution in [0.1, 0.15) is 60.3 Å². The summed E-state index contributed by atoms with van der Waals surface area (Å²) in [6.07, 6.45) is 6.48. The Morgan fingerprint density at radius 3 is 2.63 bits per heavy atom. The Balaban J connectivity index is 1.69. The monoisotopic (exact) mass is 370 g/mol. The number of rotatable bonds is 3. The number of fused-ring (bicyclic) bond motifs is 1. The molecule has 140 valence electrons. The fraction of sp³-hybridized carbons (Fsp3) is 0.450. The van der Waals surface area contributed by atoms with E-state index in [-0.39, 0.29) is 11.6 Å². The van der Waals surface area contributed by atoms with E-state index < -0.39 is 17.2 Å². The quantitative estimate of drug-likeness (QED) is 0.897. The molecule has 4 rings (SSSR count). The normalized spacial score (nSPS) is 18.0. The first-order chi connectivity index (χ1) is 13.0. The molecule has 27 heavy (non-hydrogen) atoms. The summed E-state index contributed by atoms with van der Waals surface area (Å²) in [5.74, 6) is -2.24. The van der Waals surface area contributed by atoms with E-state index in [0.717, 1.165) is 55.5 Å². The van der Waals surface area contributed by atoms with E-state index in [0.29, 0.717) is 24.9 Å². The highest BCUT2D eigenvalue weighted by Gasteiger charge is 2.36. The molecule has 5 nitrogen and oxygen atoms in total. The zero-order valence-corrected chi connectivity index (χ0v) is 14.9. The Bertz CT molecular complexity index is 938. The van der Waals surface area contributed by atoms with E-state index in [4.69, 9.17) is 0 Å². The van der Waals surface area contributed by atoms with Crippen LogP contribution in [0.15, 0.2) is 18.2 Å². The van der Waals surface area contributed by atoms with E-state index in [1.54, 1.807) is 0 Å². The average molecular weight is 370 g/mol. The van der Waals surface area contributed by atoms with Crippen molar-refractivity contribution in [1.82, 2.24) is 15.1 Å². The Hall–Kier alpha value is -2.75. The van der Waals surface area contributed by atoms with Gasteiger partial charge in [0.25, 0.3) is 5.91 Å². The minimum Gasteiger partial charge on any atom is -0.332 e. The minimum absolute atomic E-state index is 0.285. The summed E-state index contributed by atoms with van der Waals surface area (Å²) in [4.78, 5) is 12.9. The Morgan fingerprint density at radius 2 is 1.93 bits per heavy atom. The molecule has 2 aliphatic carbocycles. The molecule has 0 spiro atoms. The molecule has 7 heteroatoms. The van der Waals surface area contributed by atoms with Crippen molar-refractivity contribution in [2.75, 3.05) is 0 Å². The van der Waals surface area contributed by atoms with Crippen LogP contribution in [0.2, 0.25) is 0 Å². The second-order valence-corrected chi connectivity index (χ2v) is 7.35. The van der Waals surface area contributed by atoms with E-state index in [2.05, 4.69) is 16.5 Å². The molecular weight excluding hydrogens is 350 g/mol. The lowest BCUT2D eigenvalue weighted by molar-refractivity contribution is 0.0896. The number of carbonyl (C=O) groups is 1. The molecule has 0 atom stereocenters. The zero-order chi connectivity index (χ0) is 19.0. The fourth-order valence-electron chi connectivity index (χ4n) is 4.15. The smallest absolute Gasteiger partial charge is 0.273 e. The average Bonchev–Trinajstić information content (AvgIpc) is 3.27. The third kappa shape index (κ3) is 3.09. The molecule has 0 unspecified atom stereocenters. The van der Waals surface area contributed by atoms with Crippen LogP contribution in [0, 0.1) is 23.0 Å². The van der Waals surface area contributed by atoms with Crippen molar-refractivity contribution in [1.29, 1.82) is 5.26 Å². The lowest BCUT2D eigenvalue weighted by atomic mass is 9.82. The third-order valence-electron chi connectivity index (χ3n) is 5.57. The van der Waals surface area contributed by atoms with Crippen LogP contribution in [0.3, 0.4) is 0 Å². The molecule has 0 saturated heterocycles. The van der Waals surface area contributed by atoms with Crippen LogP contribution in [0.5, 0.6) is 0 Å². The molecule has 1 fully saturated rings. The van der Waals surface area contributed by atoms with Gasteiger partial charge in [-0.05, 0) is 44.2 Å². The summed E-state index contributed by atoms with van der Waals surface area (Å²) in [5.41, 5.74) is 1.51. The fourth-order valence-corrected chi connectivity index (χ4v) is 4.15. The molecule has 1 aromatic heterocycles. The van der Waals surface area contributed by atoms with Crippen molar-refractivity contribution < 1.29 is 13.6 Å². The van der Waals surface area contributed by atoms with Gasteiger partial charge in [-0.1, -0.05) is 19.3 Å². The maximum Gasteiger partial charge on any atom is 0.273 e. The maximum atomic E-state index is 13.7. The van der Waals surface area contributed by atoms with E-state index in [9.17, 15) is 18.8 Å². The second-order valence-electron chi connectivity index (χ2n) is 7.35. The zero-order valence-electron chi connectivity index (χ0n) is 14.9. The number of nitrogens with one attached hydrogen (secondary N) is 1. The van der Waals surface area contributed by atoms with Crippen LogP contribution in [-0.2, 0) is 12.8 Å². The lowest BCUT2D eigenvalue weighted by Gasteiger charge is -2.31. The van der Waals surface area contributed by atoms with E-state index >= 15 is 0 Å². The van der Waals surface area contributed by atoms with Crippen molar-refractivity contribution in [3.8, 4) is 11.8 Å². The van der Waals surface area contributed by atoms with Gasteiger partial charge in [0.05, 0.1) is 11.8 Å². The molecular formula is C20H20F2N4O. The van der Waals surface area contributed by atoms with E-state index in [1.165, 1.54) is 10.7 Å². The number of nitrogens with zero attached hydrogens (tertiary/aromatic N) is 3. The van der Waals surface area contributed by atoms with Gasteiger partial charge in [-0.3, -0.25) is 4.79 Å². The number of amides is 1. The standard InChI is InChI=1S/C20H20F2N4O/c21-15-8-7-13(11-16(15)22)26-17-6-4-5-14(17)18(25-26)19(27)24-20(12-23)9-2-1-3-10-20/h7-8,11H,1-6,9-10H2,(H,24,27). The molecule has 1 saturated carbocycles. The molecule has 0 aliphatic heterocycles. The highest BCUT2D eigenvalue weighted by Crippen LogP contribution is 2.31. The summed E-state index contributed by atoms with van der Waals surface area (Å²) in [6.45, 7) is 0. The van der Waals surface area contributed by atoms with Crippen molar-refractivity contribution in [3.63, 3.8) is 0 Å². The molecule has 2 aromatic rings. The predicted octanol–water partition coefficient (Wildman–Crippen LogP) is 3.60. The summed E-state index contributed by atoms with van der Waals surface area (Å²) in [6, 6.07) is 5.87. The van der Waals surface area contributed by atoms with Crippen LogP contribution < -0.4 is 5.32 Å². The summed E-state index contributed by atoms with van der Waals surface area (Å²) < 4.78 is 28.4. The number of hydrogen-bond donors (Lipinski definition) is 1. The Morgan fingerprint density at radius 1 is 1.15 bits per heavy atom. The van der Waals surface area contributed by atoms with Crippen molar-refractivity contribution in [2.24, 2.45) is 0 Å². The predicted molar refractivity (Wildman–Crippen MR) is 94.4 cm³/mol. The minimum atomic E-state index is -0.952. The number of nitriles is 1. The molecule has 1 N–H and O–H groups in total. The molecule has 1 heterocycles. The SMILES string of the molecule is N#CC1(NC(=O)c2nn(-c3ccc(F)c(F)c3)c3c2CCC3)CCCCC1. The first-order valence-corrected chi connectivity index (χ1v) is 9.33. The lowest BCUT2D eigenvalue weighted by Crippen LogP contribution is -2.48. The summed E-state index contributed by atoms with van der Waals surface area (Å²) in [7, 11) is 0. The van der Waals surface area contributed by atoms with Crippen LogP contribution >= 0.6 is 0 Å². The number of halogens is 2. The molecule has 2 aliphatic rings. The Kier molecular flexibility index (Phi) is 4.42. The van der Waals surface area contributed by atoms with Crippen LogP contribution in [-0.4, -0.2) is 21.2 Å². The summed E-state index contributed by atoms with van der Waals surface area (Å²) >= 11 is 0. The largest absolute Gasteiger partial charge is 0.332 e. The maximum absolute atomic E-state index is 13.7. The second kappa shape index (κ2) is 6.76. The van der Waals surface area contributed by atoms with Gasteiger partial charge in [0, 0.05) is 17.3 Å². The molecule has 0 radical (unpaired) electrons. The van der Waals surface area contributed by atoms with Gasteiger partial charge in [-0.25, -0.2) is 13.5 Å². The number of aromatic nitrogens is 2. The molecule has 1 amide bonds. The van der Waals surface area contributed by atoms with Gasteiger partial charge >= 0.3 is 0 Å². The topological polar surface area (TPSA) is 70.7 Å². The number of benzene rings is 1. The first-order valence-electron chi connectivity index (χ1n) is 9.33. The van der Waals surface area contributed by atoms with Gasteiger partial charge in [0.15, 0.2) is 17.3 Å². The van der Waals surface area contributed by atoms with E-state index in [1.807, 2.05) is 0 Å². The van der Waals surface area contributed by atoms with Crippen LogP contribution in [0.25, 0.3) is 5.69 Å². The molecule has 1 aromatic carbocycles. The summed E-state index contributed by atoms with van der Waals surface area (Å²) in [5, 5.41) is 16.9. The highest BCUT2D eigenvalue weighted by molar-refractivity contribution is 5.95. The van der Waals surface area contributed by atoms with Crippen molar-refractivity contribution in [3.05, 3.63) is 46.8 Å². The Labute approximate surface area is 156 Å². The van der Waals surface area contributed by atoms with Gasteiger partial charge in [0.1, 0.15) is 5.54 Å². The van der Waals surface area contributed by atoms with Gasteiger partial charge in [0.2, 0.25) is 0 Å². The molecule has 0 bridgehead atoms. The van der Waals surface area contributed by atoms with Crippen LogP contribution in [0.4, 0.5) is 8.78 Å². The van der Waals surface area contributed by atoms with Gasteiger partial charge in [-0.2, -0.15) is 10.4 Å². The van der Waals surface area contributed by atoms with Gasteiger partial charge in [-0.15, -0.1) is 0 Å². The number of carbonyl (C=O) groups excluding carboxylic acids is 1. The van der Waals surface area contributed by atoms with Crippen molar-refractivity contribution >= 4 is 5.91 Å².